The third-order valence-corrected chi connectivity index (χ3v) is 5.30. The summed E-state index contributed by atoms with van der Waals surface area (Å²) >= 11 is 11.9. The number of hydrogen-bond acceptors (Lipinski definition) is 3. The van der Waals surface area contributed by atoms with Gasteiger partial charge in [0.1, 0.15) is 0 Å². The zero-order valence-corrected chi connectivity index (χ0v) is 15.6. The third-order valence-electron chi connectivity index (χ3n) is 4.56. The summed E-state index contributed by atoms with van der Waals surface area (Å²) < 4.78 is 0. The summed E-state index contributed by atoms with van der Waals surface area (Å²) in [6.45, 7) is 3.18. The molecule has 6 heteroatoms. The molecule has 1 aliphatic heterocycles. The van der Waals surface area contributed by atoms with Gasteiger partial charge in [0.2, 0.25) is 0 Å². The topological polar surface area (TPSA) is 58.4 Å². The molecule has 2 aromatic rings. The Morgan fingerprint density at radius 2 is 1.96 bits per heavy atom. The number of benzene rings is 2. The standard InChI is InChI=1S/C19H21Cl2N3O/c1-12-4-2-3-9-24(12)18-8-6-14(22)11-17(18)23-19(25)13-5-7-15(20)16(21)10-13/h5-8,10-12H,2-4,9,22H2,1H3,(H,23,25)/t12-/m0/s1. The van der Waals surface area contributed by atoms with Crippen LogP contribution in [-0.2, 0) is 0 Å². The lowest BCUT2D eigenvalue weighted by Gasteiger charge is -2.36. The van der Waals surface area contributed by atoms with Crippen molar-refractivity contribution in [2.75, 3.05) is 22.5 Å². The van der Waals surface area contributed by atoms with Crippen molar-refractivity contribution in [1.82, 2.24) is 0 Å². The second-order valence-electron chi connectivity index (χ2n) is 6.40. The van der Waals surface area contributed by atoms with Gasteiger partial charge in [-0.2, -0.15) is 0 Å². The van der Waals surface area contributed by atoms with Crippen molar-refractivity contribution in [2.45, 2.75) is 32.2 Å². The number of carbonyl (C=O) groups is 1. The molecule has 3 N–H and O–H groups in total. The number of nitrogen functional groups attached to an aromatic ring is 1. The lowest BCUT2D eigenvalue weighted by atomic mass is 10.0. The van der Waals surface area contributed by atoms with Crippen LogP contribution in [0.25, 0.3) is 0 Å². The van der Waals surface area contributed by atoms with E-state index in [2.05, 4.69) is 17.1 Å². The van der Waals surface area contributed by atoms with E-state index in [1.807, 2.05) is 12.1 Å². The smallest absolute Gasteiger partial charge is 0.255 e. The number of nitrogens with zero attached hydrogens (tertiary/aromatic N) is 1. The zero-order valence-electron chi connectivity index (χ0n) is 14.1. The Labute approximate surface area is 157 Å². The molecule has 1 fully saturated rings. The Bertz CT molecular complexity index is 794. The van der Waals surface area contributed by atoms with Crippen LogP contribution in [-0.4, -0.2) is 18.5 Å². The Hall–Kier alpha value is -1.91. The summed E-state index contributed by atoms with van der Waals surface area (Å²) in [6.07, 6.45) is 3.52. The van der Waals surface area contributed by atoms with E-state index in [0.29, 0.717) is 33.0 Å². The average Bonchev–Trinajstić information content (AvgIpc) is 2.58. The second kappa shape index (κ2) is 7.54. The fraction of sp³-hybridized carbons (Fsp3) is 0.316. The number of piperidine rings is 1. The number of nitrogens with one attached hydrogen (secondary N) is 1. The molecule has 0 spiro atoms. The highest BCUT2D eigenvalue weighted by atomic mass is 35.5. The summed E-state index contributed by atoms with van der Waals surface area (Å²) in [7, 11) is 0. The van der Waals surface area contributed by atoms with Crippen LogP contribution < -0.4 is 16.0 Å². The van der Waals surface area contributed by atoms with Crippen LogP contribution in [0.15, 0.2) is 36.4 Å². The molecule has 3 rings (SSSR count). The minimum atomic E-state index is -0.241. The summed E-state index contributed by atoms with van der Waals surface area (Å²) in [4.78, 5) is 15.0. The van der Waals surface area contributed by atoms with Gasteiger partial charge in [0.05, 0.1) is 21.4 Å². The third kappa shape index (κ3) is 4.02. The van der Waals surface area contributed by atoms with E-state index in [-0.39, 0.29) is 5.91 Å². The lowest BCUT2D eigenvalue weighted by molar-refractivity contribution is 0.102. The van der Waals surface area contributed by atoms with Crippen molar-refractivity contribution in [3.8, 4) is 0 Å². The molecular weight excluding hydrogens is 357 g/mol. The Kier molecular flexibility index (Phi) is 5.40. The summed E-state index contributed by atoms with van der Waals surface area (Å²) in [5, 5.41) is 3.74. The number of rotatable bonds is 3. The van der Waals surface area contributed by atoms with Gasteiger partial charge in [-0.1, -0.05) is 23.2 Å². The van der Waals surface area contributed by atoms with Crippen LogP contribution in [0.5, 0.6) is 0 Å². The van der Waals surface area contributed by atoms with Gasteiger partial charge in [0.15, 0.2) is 0 Å². The molecule has 0 radical (unpaired) electrons. The van der Waals surface area contributed by atoms with Crippen LogP contribution in [0.3, 0.4) is 0 Å². The van der Waals surface area contributed by atoms with Gasteiger partial charge < -0.3 is 16.0 Å². The van der Waals surface area contributed by atoms with Gasteiger partial charge in [0, 0.05) is 23.8 Å². The highest BCUT2D eigenvalue weighted by molar-refractivity contribution is 6.42. The van der Waals surface area contributed by atoms with E-state index in [9.17, 15) is 4.79 Å². The fourth-order valence-corrected chi connectivity index (χ4v) is 3.49. The van der Waals surface area contributed by atoms with Crippen LogP contribution in [0.1, 0.15) is 36.5 Å². The average molecular weight is 378 g/mol. The first-order valence-corrected chi connectivity index (χ1v) is 9.14. The van der Waals surface area contributed by atoms with Crippen molar-refractivity contribution in [2.24, 2.45) is 0 Å². The molecule has 1 aliphatic rings. The van der Waals surface area contributed by atoms with E-state index in [0.717, 1.165) is 25.1 Å². The first-order chi connectivity index (χ1) is 12.0. The summed E-state index contributed by atoms with van der Waals surface area (Å²) in [6, 6.07) is 10.9. The predicted molar refractivity (Wildman–Crippen MR) is 106 cm³/mol. The van der Waals surface area contributed by atoms with Crippen molar-refractivity contribution in [3.63, 3.8) is 0 Å². The maximum atomic E-state index is 12.6. The number of carbonyl (C=O) groups excluding carboxylic acids is 1. The maximum absolute atomic E-state index is 12.6. The molecule has 0 bridgehead atoms. The number of halogens is 2. The van der Waals surface area contributed by atoms with Crippen molar-refractivity contribution in [1.29, 1.82) is 0 Å². The minimum Gasteiger partial charge on any atom is -0.399 e. The summed E-state index contributed by atoms with van der Waals surface area (Å²) in [5.74, 6) is -0.241. The van der Waals surface area contributed by atoms with Crippen LogP contribution in [0.4, 0.5) is 17.1 Å². The van der Waals surface area contributed by atoms with Crippen LogP contribution in [0.2, 0.25) is 10.0 Å². The van der Waals surface area contributed by atoms with Gasteiger partial charge >= 0.3 is 0 Å². The molecule has 2 aromatic carbocycles. The molecule has 0 aliphatic carbocycles. The highest BCUT2D eigenvalue weighted by Crippen LogP contribution is 2.33. The van der Waals surface area contributed by atoms with Crippen molar-refractivity contribution in [3.05, 3.63) is 52.0 Å². The maximum Gasteiger partial charge on any atom is 0.255 e. The molecule has 0 aromatic heterocycles. The largest absolute Gasteiger partial charge is 0.399 e. The van der Waals surface area contributed by atoms with Gasteiger partial charge in [-0.3, -0.25) is 4.79 Å². The molecule has 1 saturated heterocycles. The molecule has 1 amide bonds. The van der Waals surface area contributed by atoms with E-state index in [1.165, 1.54) is 6.42 Å². The van der Waals surface area contributed by atoms with E-state index < -0.39 is 0 Å². The fourth-order valence-electron chi connectivity index (χ4n) is 3.19. The first kappa shape index (κ1) is 17.9. The molecule has 25 heavy (non-hydrogen) atoms. The van der Waals surface area contributed by atoms with Crippen molar-refractivity contribution >= 4 is 46.2 Å². The highest BCUT2D eigenvalue weighted by Gasteiger charge is 2.22. The first-order valence-electron chi connectivity index (χ1n) is 8.38. The Morgan fingerprint density at radius 3 is 2.68 bits per heavy atom. The molecule has 132 valence electrons. The molecule has 1 heterocycles. The number of hydrogen-bond donors (Lipinski definition) is 2. The molecule has 0 unspecified atom stereocenters. The molecule has 4 nitrogen and oxygen atoms in total. The van der Waals surface area contributed by atoms with Crippen LogP contribution >= 0.6 is 23.2 Å². The number of nitrogens with two attached hydrogens (primary N) is 1. The number of amides is 1. The van der Waals surface area contributed by atoms with Gasteiger partial charge in [-0.25, -0.2) is 0 Å². The van der Waals surface area contributed by atoms with Gasteiger partial charge in [0.25, 0.3) is 5.91 Å². The SMILES string of the molecule is C[C@H]1CCCCN1c1ccc(N)cc1NC(=O)c1ccc(Cl)c(Cl)c1. The summed E-state index contributed by atoms with van der Waals surface area (Å²) in [5.41, 5.74) is 8.71. The zero-order chi connectivity index (χ0) is 18.0. The monoisotopic (exact) mass is 377 g/mol. The van der Waals surface area contributed by atoms with Crippen LogP contribution in [0, 0.1) is 0 Å². The van der Waals surface area contributed by atoms with Crippen molar-refractivity contribution < 1.29 is 4.79 Å². The van der Waals surface area contributed by atoms with E-state index >= 15 is 0 Å². The Morgan fingerprint density at radius 1 is 1.16 bits per heavy atom. The number of anilines is 3. The second-order valence-corrected chi connectivity index (χ2v) is 7.21. The molecular formula is C19H21Cl2N3O. The lowest BCUT2D eigenvalue weighted by Crippen LogP contribution is -2.38. The van der Waals surface area contributed by atoms with Gasteiger partial charge in [-0.05, 0) is 62.6 Å². The predicted octanol–water partition coefficient (Wildman–Crippen LogP) is 5.21. The quantitative estimate of drug-likeness (QED) is 0.721. The molecule has 1 atom stereocenters. The normalized spacial score (nSPS) is 17.4. The van der Waals surface area contributed by atoms with Gasteiger partial charge in [-0.15, -0.1) is 0 Å². The molecule has 0 saturated carbocycles. The Balaban J connectivity index is 1.89. The van der Waals surface area contributed by atoms with E-state index in [4.69, 9.17) is 28.9 Å². The minimum absolute atomic E-state index is 0.241. The van der Waals surface area contributed by atoms with E-state index in [1.54, 1.807) is 24.3 Å².